The zero-order valence-electron chi connectivity index (χ0n) is 17.1. The number of nitrogens with one attached hydrogen (secondary N) is 1. The van der Waals surface area contributed by atoms with Gasteiger partial charge >= 0.3 is 0 Å². The Hall–Kier alpha value is -2.38. The van der Waals surface area contributed by atoms with Gasteiger partial charge in [0.15, 0.2) is 0 Å². The van der Waals surface area contributed by atoms with Gasteiger partial charge in [0.05, 0.1) is 21.5 Å². The second kappa shape index (κ2) is 9.83. The van der Waals surface area contributed by atoms with E-state index in [0.717, 1.165) is 15.4 Å². The van der Waals surface area contributed by atoms with Crippen LogP contribution < -0.4 is 5.32 Å². The summed E-state index contributed by atoms with van der Waals surface area (Å²) in [5.74, 6) is -0.437. The van der Waals surface area contributed by atoms with Crippen LogP contribution in [0.1, 0.15) is 16.7 Å². The molecule has 8 heteroatoms. The van der Waals surface area contributed by atoms with E-state index >= 15 is 0 Å². The van der Waals surface area contributed by atoms with Crippen LogP contribution in [-0.2, 0) is 21.4 Å². The fraction of sp³-hybridized carbons (Fsp3) is 0.174. The zero-order valence-corrected chi connectivity index (χ0v) is 19.4. The van der Waals surface area contributed by atoms with E-state index in [-0.39, 0.29) is 18.0 Å². The number of carbonyl (C=O) groups is 1. The van der Waals surface area contributed by atoms with Crippen molar-refractivity contribution in [1.82, 2.24) is 4.31 Å². The number of anilines is 1. The van der Waals surface area contributed by atoms with Crippen LogP contribution in [0.5, 0.6) is 0 Å². The fourth-order valence-corrected chi connectivity index (χ4v) is 4.77. The van der Waals surface area contributed by atoms with E-state index < -0.39 is 15.9 Å². The zero-order chi connectivity index (χ0) is 22.6. The maximum Gasteiger partial charge on any atom is 0.243 e. The van der Waals surface area contributed by atoms with E-state index in [0.29, 0.717) is 21.3 Å². The molecule has 1 amide bonds. The van der Waals surface area contributed by atoms with Gasteiger partial charge in [0, 0.05) is 12.2 Å². The predicted molar refractivity (Wildman–Crippen MR) is 125 cm³/mol. The summed E-state index contributed by atoms with van der Waals surface area (Å²) in [4.78, 5) is 12.9. The largest absolute Gasteiger partial charge is 0.325 e. The maximum absolute atomic E-state index is 13.3. The Balaban J connectivity index is 1.90. The number of aryl methyl sites for hydroxylation is 1. The van der Waals surface area contributed by atoms with Crippen molar-refractivity contribution in [3.05, 3.63) is 93.5 Å². The molecule has 0 atom stereocenters. The number of hydrogen-bond donors (Lipinski definition) is 1. The van der Waals surface area contributed by atoms with Crippen molar-refractivity contribution in [2.24, 2.45) is 0 Å². The van der Waals surface area contributed by atoms with Gasteiger partial charge in [-0.15, -0.1) is 0 Å². The van der Waals surface area contributed by atoms with Crippen LogP contribution in [0.15, 0.2) is 71.6 Å². The smallest absolute Gasteiger partial charge is 0.243 e. The van der Waals surface area contributed by atoms with E-state index in [2.05, 4.69) is 5.32 Å². The number of nitrogens with zero attached hydrogens (tertiary/aromatic N) is 1. The second-order valence-corrected chi connectivity index (χ2v) is 9.88. The summed E-state index contributed by atoms with van der Waals surface area (Å²) in [6.45, 7) is 3.46. The Labute approximate surface area is 192 Å². The van der Waals surface area contributed by atoms with Gasteiger partial charge in [0.25, 0.3) is 0 Å². The summed E-state index contributed by atoms with van der Waals surface area (Å²) in [6, 6.07) is 18.5. The number of benzene rings is 3. The Morgan fingerprint density at radius 3 is 2.32 bits per heavy atom. The number of amides is 1. The summed E-state index contributed by atoms with van der Waals surface area (Å²) in [7, 11) is -3.93. The fourth-order valence-electron chi connectivity index (χ4n) is 3.05. The molecular weight excluding hydrogens is 455 g/mol. The predicted octanol–water partition coefficient (Wildman–Crippen LogP) is 5.44. The molecule has 0 spiro atoms. The number of carbonyl (C=O) groups excluding carboxylic acids is 1. The molecule has 0 aliphatic heterocycles. The molecule has 0 aliphatic carbocycles. The highest BCUT2D eigenvalue weighted by molar-refractivity contribution is 7.89. The molecule has 1 N–H and O–H groups in total. The van der Waals surface area contributed by atoms with Gasteiger partial charge in [0.2, 0.25) is 15.9 Å². The Bertz CT molecular complexity index is 1200. The maximum atomic E-state index is 13.3. The molecule has 162 valence electrons. The first-order chi connectivity index (χ1) is 14.7. The normalized spacial score (nSPS) is 11.5. The SMILES string of the molecule is Cc1cccc(NC(=O)CN(Cc2ccc(Cl)c(Cl)c2)S(=O)(=O)c2ccccc2)c1C. The second-order valence-electron chi connectivity index (χ2n) is 7.13. The van der Waals surface area contributed by atoms with Crippen LogP contribution in [0, 0.1) is 13.8 Å². The lowest BCUT2D eigenvalue weighted by Crippen LogP contribution is -2.37. The molecule has 0 aromatic heterocycles. The van der Waals surface area contributed by atoms with Gasteiger partial charge in [-0.25, -0.2) is 8.42 Å². The first-order valence-corrected chi connectivity index (χ1v) is 11.7. The molecule has 0 bridgehead atoms. The highest BCUT2D eigenvalue weighted by Gasteiger charge is 2.27. The Morgan fingerprint density at radius 1 is 0.935 bits per heavy atom. The van der Waals surface area contributed by atoms with Crippen molar-refractivity contribution in [1.29, 1.82) is 0 Å². The summed E-state index contributed by atoms with van der Waals surface area (Å²) < 4.78 is 27.7. The average molecular weight is 477 g/mol. The van der Waals surface area contributed by atoms with Crippen molar-refractivity contribution in [2.45, 2.75) is 25.3 Å². The van der Waals surface area contributed by atoms with Crippen molar-refractivity contribution >= 4 is 44.8 Å². The molecule has 3 rings (SSSR count). The Morgan fingerprint density at radius 2 is 1.65 bits per heavy atom. The van der Waals surface area contributed by atoms with Crippen LogP contribution in [0.4, 0.5) is 5.69 Å². The van der Waals surface area contributed by atoms with E-state index in [1.54, 1.807) is 42.5 Å². The monoisotopic (exact) mass is 476 g/mol. The van der Waals surface area contributed by atoms with Crippen LogP contribution in [-0.4, -0.2) is 25.2 Å². The third-order valence-electron chi connectivity index (χ3n) is 4.92. The molecule has 5 nitrogen and oxygen atoms in total. The number of rotatable bonds is 7. The molecule has 0 aliphatic rings. The third kappa shape index (κ3) is 5.66. The van der Waals surface area contributed by atoms with E-state index in [1.807, 2.05) is 26.0 Å². The summed E-state index contributed by atoms with van der Waals surface area (Å²) in [5, 5.41) is 3.51. The van der Waals surface area contributed by atoms with Gasteiger partial charge < -0.3 is 5.32 Å². The number of sulfonamides is 1. The lowest BCUT2D eigenvalue weighted by molar-refractivity contribution is -0.116. The molecule has 0 radical (unpaired) electrons. The standard InChI is InChI=1S/C23H22Cl2N2O3S/c1-16-7-6-10-22(17(16)2)26-23(28)15-27(14-18-11-12-20(24)21(25)13-18)31(29,30)19-8-4-3-5-9-19/h3-13H,14-15H2,1-2H3,(H,26,28). The van der Waals surface area contributed by atoms with E-state index in [1.165, 1.54) is 12.1 Å². The first kappa shape index (κ1) is 23.3. The molecule has 3 aromatic carbocycles. The summed E-state index contributed by atoms with van der Waals surface area (Å²) in [6.07, 6.45) is 0. The lowest BCUT2D eigenvalue weighted by Gasteiger charge is -2.22. The van der Waals surface area contributed by atoms with E-state index in [4.69, 9.17) is 23.2 Å². The third-order valence-corrected chi connectivity index (χ3v) is 7.47. The number of halogens is 2. The minimum atomic E-state index is -3.93. The Kier molecular flexibility index (Phi) is 7.38. The molecule has 0 saturated heterocycles. The number of hydrogen-bond acceptors (Lipinski definition) is 3. The summed E-state index contributed by atoms with van der Waals surface area (Å²) in [5.41, 5.74) is 3.23. The average Bonchev–Trinajstić information content (AvgIpc) is 2.74. The highest BCUT2D eigenvalue weighted by Crippen LogP contribution is 2.25. The van der Waals surface area contributed by atoms with Gasteiger partial charge in [0.1, 0.15) is 0 Å². The molecule has 0 heterocycles. The minimum Gasteiger partial charge on any atom is -0.325 e. The molecule has 31 heavy (non-hydrogen) atoms. The van der Waals surface area contributed by atoms with Gasteiger partial charge in [-0.05, 0) is 60.9 Å². The van der Waals surface area contributed by atoms with Crippen molar-refractivity contribution in [3.8, 4) is 0 Å². The lowest BCUT2D eigenvalue weighted by atomic mass is 10.1. The quantitative estimate of drug-likeness (QED) is 0.493. The minimum absolute atomic E-state index is 0.0334. The van der Waals surface area contributed by atoms with Gasteiger partial charge in [-0.2, -0.15) is 4.31 Å². The topological polar surface area (TPSA) is 66.5 Å². The first-order valence-electron chi connectivity index (χ1n) is 9.53. The van der Waals surface area contributed by atoms with E-state index in [9.17, 15) is 13.2 Å². The van der Waals surface area contributed by atoms with Crippen molar-refractivity contribution in [3.63, 3.8) is 0 Å². The van der Waals surface area contributed by atoms with Crippen LogP contribution in [0.25, 0.3) is 0 Å². The summed E-state index contributed by atoms with van der Waals surface area (Å²) >= 11 is 12.1. The van der Waals surface area contributed by atoms with Crippen LogP contribution >= 0.6 is 23.2 Å². The van der Waals surface area contributed by atoms with Crippen molar-refractivity contribution < 1.29 is 13.2 Å². The van der Waals surface area contributed by atoms with Crippen LogP contribution in [0.3, 0.4) is 0 Å². The highest BCUT2D eigenvalue weighted by atomic mass is 35.5. The van der Waals surface area contributed by atoms with Crippen LogP contribution in [0.2, 0.25) is 10.0 Å². The molecule has 0 fully saturated rings. The molecular formula is C23H22Cl2N2O3S. The molecule has 0 unspecified atom stereocenters. The molecule has 3 aromatic rings. The van der Waals surface area contributed by atoms with Gasteiger partial charge in [-0.3, -0.25) is 4.79 Å². The van der Waals surface area contributed by atoms with Gasteiger partial charge in [-0.1, -0.05) is 59.6 Å². The molecule has 0 saturated carbocycles. The van der Waals surface area contributed by atoms with Crippen molar-refractivity contribution in [2.75, 3.05) is 11.9 Å².